The minimum atomic E-state index is -5.22. The molecule has 0 saturated carbocycles. The van der Waals surface area contributed by atoms with Crippen LogP contribution >= 0.6 is 63.7 Å². The Morgan fingerprint density at radius 2 is 1.07 bits per heavy atom. The van der Waals surface area contributed by atoms with Crippen molar-refractivity contribution in [2.45, 2.75) is 15.4 Å². The molecule has 3 aromatic carbocycles. The van der Waals surface area contributed by atoms with Gasteiger partial charge in [0.05, 0.1) is 15.4 Å². The summed E-state index contributed by atoms with van der Waals surface area (Å²) in [5.74, 6) is -2.69. The largest absolute Gasteiger partial charge is 1.00 e. The smallest absolute Gasteiger partial charge is 0.744 e. The Bertz CT molecular complexity index is 1640. The van der Waals surface area contributed by atoms with Crippen LogP contribution in [-0.2, 0) is 30.6 Å². The molecule has 1 aliphatic heterocycles. The van der Waals surface area contributed by atoms with Crippen molar-refractivity contribution in [1.29, 1.82) is 0 Å². The summed E-state index contributed by atoms with van der Waals surface area (Å²) in [6.07, 6.45) is 0. The molecule has 0 unspecified atom stereocenters. The van der Waals surface area contributed by atoms with Gasteiger partial charge in [-0.1, -0.05) is 12.1 Å². The Morgan fingerprint density at radius 1 is 0.700 bits per heavy atom. The molecule has 0 aromatic heterocycles. The van der Waals surface area contributed by atoms with Gasteiger partial charge in [-0.05, 0) is 88.0 Å². The standard InChI is InChI=1S/C20H10Br4O10S2.2Na.2H2O/c21-15-13-14(16(22)18(24)17(15)23)20(34-19(13)27,7-1-3-9(25)11(5-7)35(28,29)30)8-2-4-10(26)12(6-8)36(31,32)33;;;;/h1-6,25-26H,(H,28,29,30)(H,31,32,33);;;2*1H2/q;2*+1;;/p-2. The number of carbonyl (C=O) groups excluding carboxylic acids is 1. The first-order valence-electron chi connectivity index (χ1n) is 9.20. The zero-order chi connectivity index (χ0) is 27.0. The van der Waals surface area contributed by atoms with Gasteiger partial charge in [0.25, 0.3) is 0 Å². The first-order chi connectivity index (χ1) is 16.5. The zero-order valence-corrected chi connectivity index (χ0v) is 31.9. The number of cyclic esters (lactones) is 1. The Morgan fingerprint density at radius 3 is 1.45 bits per heavy atom. The summed E-state index contributed by atoms with van der Waals surface area (Å²) in [7, 11) is -10.4. The molecule has 12 nitrogen and oxygen atoms in total. The number of carbonyl (C=O) groups is 1. The van der Waals surface area contributed by atoms with Gasteiger partial charge in [-0.25, -0.2) is 21.6 Å². The third kappa shape index (κ3) is 6.72. The van der Waals surface area contributed by atoms with Gasteiger partial charge in [0, 0.05) is 34.6 Å². The molecular weight excluding hydrogens is 862 g/mol. The van der Waals surface area contributed by atoms with Crippen LogP contribution in [0.4, 0.5) is 0 Å². The number of hydrogen-bond donors (Lipinski definition) is 2. The molecule has 0 atom stereocenters. The molecule has 1 aliphatic rings. The van der Waals surface area contributed by atoms with Crippen molar-refractivity contribution in [3.8, 4) is 11.5 Å². The van der Waals surface area contributed by atoms with Gasteiger partial charge >= 0.3 is 65.1 Å². The fourth-order valence-electron chi connectivity index (χ4n) is 3.83. The van der Waals surface area contributed by atoms with E-state index in [9.17, 15) is 40.9 Å². The summed E-state index contributed by atoms with van der Waals surface area (Å²) in [5, 5.41) is 20.0. The van der Waals surface area contributed by atoms with Gasteiger partial charge < -0.3 is 35.0 Å². The van der Waals surface area contributed by atoms with Crippen LogP contribution in [0, 0.1) is 0 Å². The van der Waals surface area contributed by atoms with Crippen LogP contribution in [0.2, 0.25) is 0 Å². The molecule has 20 heteroatoms. The third-order valence-electron chi connectivity index (χ3n) is 5.34. The van der Waals surface area contributed by atoms with Crippen molar-refractivity contribution in [3.63, 3.8) is 0 Å². The summed E-state index contributed by atoms with van der Waals surface area (Å²) in [6.45, 7) is 0. The third-order valence-corrected chi connectivity index (χ3v) is 11.8. The molecular formula is C20H12Br4Na2O12S2. The van der Waals surface area contributed by atoms with E-state index in [4.69, 9.17) is 4.74 Å². The molecule has 3 aromatic rings. The molecule has 206 valence electrons. The van der Waals surface area contributed by atoms with E-state index in [0.717, 1.165) is 36.4 Å². The van der Waals surface area contributed by atoms with E-state index >= 15 is 0 Å². The normalized spacial score (nSPS) is 13.5. The Hall–Kier alpha value is 0.390. The van der Waals surface area contributed by atoms with Crippen molar-refractivity contribution in [1.82, 2.24) is 0 Å². The number of fused-ring (bicyclic) bond motifs is 1. The molecule has 0 bridgehead atoms. The summed E-state index contributed by atoms with van der Waals surface area (Å²) in [5.41, 5.74) is -2.56. The minimum Gasteiger partial charge on any atom is -0.744 e. The molecule has 40 heavy (non-hydrogen) atoms. The van der Waals surface area contributed by atoms with E-state index in [1.54, 1.807) is 0 Å². The van der Waals surface area contributed by atoms with Gasteiger partial charge in [-0.15, -0.1) is 0 Å². The van der Waals surface area contributed by atoms with E-state index in [0.29, 0.717) is 8.95 Å². The molecule has 0 spiro atoms. The number of aromatic hydroxyl groups is 2. The second-order valence-electron chi connectivity index (χ2n) is 7.35. The van der Waals surface area contributed by atoms with Gasteiger partial charge in [0.1, 0.15) is 31.7 Å². The maximum Gasteiger partial charge on any atom is 1.00 e. The average Bonchev–Trinajstić information content (AvgIpc) is 3.09. The topological polar surface area (TPSA) is 244 Å². The van der Waals surface area contributed by atoms with Crippen LogP contribution in [0.15, 0.2) is 64.1 Å². The first kappa shape index (κ1) is 40.4. The van der Waals surface area contributed by atoms with Gasteiger partial charge in [0.2, 0.25) is 0 Å². The molecule has 0 amide bonds. The van der Waals surface area contributed by atoms with Crippen LogP contribution in [0.3, 0.4) is 0 Å². The molecule has 1 heterocycles. The summed E-state index contributed by atoms with van der Waals surface area (Å²) in [6, 6.07) is 5.62. The summed E-state index contributed by atoms with van der Waals surface area (Å²) in [4.78, 5) is 11.1. The zero-order valence-electron chi connectivity index (χ0n) is 20.0. The van der Waals surface area contributed by atoms with Crippen molar-refractivity contribution < 1.29 is 116 Å². The van der Waals surface area contributed by atoms with Crippen molar-refractivity contribution >= 4 is 89.9 Å². The number of hydrogen-bond acceptors (Lipinski definition) is 10. The number of ether oxygens (including phenoxy) is 1. The van der Waals surface area contributed by atoms with Crippen LogP contribution < -0.4 is 59.1 Å². The van der Waals surface area contributed by atoms with Gasteiger partial charge in [-0.2, -0.15) is 0 Å². The van der Waals surface area contributed by atoms with E-state index < -0.39 is 53.1 Å². The quantitative estimate of drug-likeness (QED) is 0.0874. The number of phenols is 2. The number of benzene rings is 3. The number of rotatable bonds is 4. The van der Waals surface area contributed by atoms with Crippen LogP contribution in [-0.4, -0.2) is 53.1 Å². The van der Waals surface area contributed by atoms with E-state index in [1.807, 2.05) is 0 Å². The predicted octanol–water partition coefficient (Wildman–Crippen LogP) is -3.22. The molecule has 0 fully saturated rings. The second kappa shape index (κ2) is 14.0. The Labute approximate surface area is 305 Å². The molecule has 6 N–H and O–H groups in total. The summed E-state index contributed by atoms with van der Waals surface area (Å²) >= 11 is 13.3. The molecule has 0 saturated heterocycles. The number of phenolic OH excluding ortho intramolecular Hbond substituents is 2. The van der Waals surface area contributed by atoms with Crippen LogP contribution in [0.25, 0.3) is 0 Å². The van der Waals surface area contributed by atoms with Gasteiger partial charge in [-0.3, -0.25) is 0 Å². The second-order valence-corrected chi connectivity index (χ2v) is 13.2. The molecule has 0 aliphatic carbocycles. The van der Waals surface area contributed by atoms with E-state index in [1.165, 1.54) is 0 Å². The fourth-order valence-corrected chi connectivity index (χ4v) is 7.59. The maximum atomic E-state index is 13.2. The maximum absolute atomic E-state index is 13.2. The Balaban J connectivity index is 0.00000380. The Kier molecular flexibility index (Phi) is 14.1. The molecule has 0 radical (unpaired) electrons. The number of halogens is 4. The molecule has 4 rings (SSSR count). The summed E-state index contributed by atoms with van der Waals surface area (Å²) < 4.78 is 77.8. The van der Waals surface area contributed by atoms with E-state index in [-0.39, 0.29) is 101 Å². The fraction of sp³-hybridized carbons (Fsp3) is 0.0500. The SMILES string of the molecule is O.O.O=C1OC(c2ccc(O)c(S(=O)(=O)[O-])c2)(c2ccc(O)c(S(=O)(=O)[O-])c2)c2c(Br)c(Br)c(Br)c(Br)c21.[Na+].[Na+]. The average molecular weight is 874 g/mol. The van der Waals surface area contributed by atoms with E-state index in [2.05, 4.69) is 63.7 Å². The van der Waals surface area contributed by atoms with Crippen LogP contribution in [0.1, 0.15) is 27.0 Å². The van der Waals surface area contributed by atoms with Crippen molar-refractivity contribution in [2.24, 2.45) is 0 Å². The van der Waals surface area contributed by atoms with Crippen molar-refractivity contribution in [3.05, 3.63) is 76.5 Å². The first-order valence-corrected chi connectivity index (χ1v) is 15.2. The van der Waals surface area contributed by atoms with Crippen molar-refractivity contribution in [2.75, 3.05) is 0 Å². The van der Waals surface area contributed by atoms with Crippen LogP contribution in [0.5, 0.6) is 11.5 Å². The number of esters is 1. The predicted molar refractivity (Wildman–Crippen MR) is 142 cm³/mol. The van der Waals surface area contributed by atoms with Gasteiger partial charge in [0.15, 0.2) is 5.60 Å². The monoisotopic (exact) mass is 870 g/mol. The minimum absolute atomic E-state index is 0.